The van der Waals surface area contributed by atoms with Crippen LogP contribution in [0.1, 0.15) is 29.9 Å². The molecule has 1 aromatic heterocycles. The summed E-state index contributed by atoms with van der Waals surface area (Å²) in [4.78, 5) is 0. The second-order valence-electron chi connectivity index (χ2n) is 5.23. The Morgan fingerprint density at radius 1 is 1.10 bits per heavy atom. The molecule has 0 aliphatic heterocycles. The summed E-state index contributed by atoms with van der Waals surface area (Å²) in [6.07, 6.45) is 1.62. The van der Waals surface area contributed by atoms with Gasteiger partial charge in [-0.2, -0.15) is 0 Å². The highest BCUT2D eigenvalue weighted by Gasteiger charge is 2.19. The third-order valence-electron chi connectivity index (χ3n) is 3.77. The van der Waals surface area contributed by atoms with E-state index < -0.39 is 0 Å². The molecule has 1 atom stereocenters. The predicted octanol–water partition coefficient (Wildman–Crippen LogP) is 4.89. The summed E-state index contributed by atoms with van der Waals surface area (Å²) >= 11 is 5.93. The van der Waals surface area contributed by atoms with Crippen molar-refractivity contribution in [2.75, 3.05) is 0 Å². The van der Waals surface area contributed by atoms with Gasteiger partial charge in [0.15, 0.2) is 0 Å². The Bertz CT molecular complexity index is 746. The molecule has 2 N–H and O–H groups in total. The van der Waals surface area contributed by atoms with Gasteiger partial charge in [-0.1, -0.05) is 48.9 Å². The second kappa shape index (κ2) is 5.92. The maximum absolute atomic E-state index is 6.46. The van der Waals surface area contributed by atoms with Crippen molar-refractivity contribution in [2.24, 2.45) is 5.73 Å². The molecule has 2 nitrogen and oxygen atoms in total. The van der Waals surface area contributed by atoms with E-state index in [2.05, 4.69) is 13.0 Å². The highest BCUT2D eigenvalue weighted by atomic mass is 35.5. The van der Waals surface area contributed by atoms with Gasteiger partial charge in [-0.15, -0.1) is 0 Å². The lowest BCUT2D eigenvalue weighted by Crippen LogP contribution is -2.14. The minimum atomic E-state index is -0.0789. The number of fused-ring (bicyclic) bond motifs is 1. The van der Waals surface area contributed by atoms with E-state index in [1.807, 2.05) is 42.5 Å². The Hall–Kier alpha value is -1.77. The van der Waals surface area contributed by atoms with Gasteiger partial charge in [0.05, 0.1) is 0 Å². The lowest BCUT2D eigenvalue weighted by atomic mass is 9.96. The van der Waals surface area contributed by atoms with Crippen molar-refractivity contribution in [3.8, 4) is 0 Å². The van der Waals surface area contributed by atoms with Crippen LogP contribution in [0.3, 0.4) is 0 Å². The summed E-state index contributed by atoms with van der Waals surface area (Å²) in [6, 6.07) is 15.9. The first-order valence-electron chi connectivity index (χ1n) is 7.19. The molecule has 1 heterocycles. The van der Waals surface area contributed by atoms with Crippen LogP contribution < -0.4 is 5.73 Å². The first-order valence-corrected chi connectivity index (χ1v) is 7.57. The van der Waals surface area contributed by atoms with Crippen LogP contribution in [0.4, 0.5) is 0 Å². The van der Waals surface area contributed by atoms with E-state index in [4.69, 9.17) is 21.8 Å². The Morgan fingerprint density at radius 3 is 2.52 bits per heavy atom. The van der Waals surface area contributed by atoms with Crippen LogP contribution in [0, 0.1) is 0 Å². The van der Waals surface area contributed by atoms with E-state index >= 15 is 0 Å². The van der Waals surface area contributed by atoms with Gasteiger partial charge in [0.1, 0.15) is 11.3 Å². The molecule has 3 rings (SSSR count). The second-order valence-corrected chi connectivity index (χ2v) is 5.66. The third kappa shape index (κ3) is 2.82. The highest BCUT2D eigenvalue weighted by molar-refractivity contribution is 6.30. The Balaban J connectivity index is 1.96. The van der Waals surface area contributed by atoms with Crippen LogP contribution in [-0.2, 0) is 12.8 Å². The normalized spacial score (nSPS) is 12.7. The van der Waals surface area contributed by atoms with Gasteiger partial charge in [-0.05, 0) is 30.2 Å². The molecule has 3 heteroatoms. The molecule has 0 fully saturated rings. The van der Waals surface area contributed by atoms with Crippen LogP contribution in [-0.4, -0.2) is 0 Å². The highest BCUT2D eigenvalue weighted by Crippen LogP contribution is 2.32. The molecule has 21 heavy (non-hydrogen) atoms. The predicted molar refractivity (Wildman–Crippen MR) is 87.7 cm³/mol. The number of hydrogen-bond acceptors (Lipinski definition) is 2. The lowest BCUT2D eigenvalue weighted by Gasteiger charge is -2.12. The molecule has 0 spiro atoms. The minimum Gasteiger partial charge on any atom is -0.461 e. The van der Waals surface area contributed by atoms with Crippen molar-refractivity contribution in [1.29, 1.82) is 0 Å². The Labute approximate surface area is 129 Å². The number of furan rings is 1. The lowest BCUT2D eigenvalue weighted by molar-refractivity contribution is 0.540. The van der Waals surface area contributed by atoms with E-state index in [1.54, 1.807) is 0 Å². The van der Waals surface area contributed by atoms with Crippen LogP contribution in [0.2, 0.25) is 5.02 Å². The third-order valence-corrected chi connectivity index (χ3v) is 4.02. The topological polar surface area (TPSA) is 39.2 Å². The minimum absolute atomic E-state index is 0.0789. The number of benzene rings is 2. The van der Waals surface area contributed by atoms with Crippen LogP contribution in [0.5, 0.6) is 0 Å². The van der Waals surface area contributed by atoms with Gasteiger partial charge in [0.25, 0.3) is 0 Å². The summed E-state index contributed by atoms with van der Waals surface area (Å²) in [5.41, 5.74) is 9.68. The summed E-state index contributed by atoms with van der Waals surface area (Å²) in [6.45, 7) is 2.09. The van der Waals surface area contributed by atoms with Crippen LogP contribution in [0.15, 0.2) is 52.9 Å². The zero-order valence-corrected chi connectivity index (χ0v) is 12.7. The van der Waals surface area contributed by atoms with Gasteiger partial charge in [0.2, 0.25) is 0 Å². The number of aryl methyl sites for hydroxylation is 1. The van der Waals surface area contributed by atoms with Crippen molar-refractivity contribution < 1.29 is 4.42 Å². The molecule has 0 saturated heterocycles. The quantitative estimate of drug-likeness (QED) is 0.745. The standard InChI is InChI=1S/C18H18ClNO/c1-2-16-18(14-5-3-4-6-17(14)21-16)15(20)11-12-7-9-13(19)10-8-12/h3-10,15H,2,11,20H2,1H3. The Kier molecular flexibility index (Phi) is 4.00. The monoisotopic (exact) mass is 299 g/mol. The maximum Gasteiger partial charge on any atom is 0.134 e. The summed E-state index contributed by atoms with van der Waals surface area (Å²) in [5.74, 6) is 0.984. The molecule has 2 aromatic carbocycles. The van der Waals surface area contributed by atoms with Crippen molar-refractivity contribution in [1.82, 2.24) is 0 Å². The molecule has 0 radical (unpaired) electrons. The van der Waals surface area contributed by atoms with Crippen LogP contribution >= 0.6 is 11.6 Å². The zero-order valence-electron chi connectivity index (χ0n) is 12.0. The molecule has 0 aliphatic rings. The molecule has 108 valence electrons. The summed E-state index contributed by atoms with van der Waals surface area (Å²) in [5, 5.41) is 1.87. The number of halogens is 1. The average molecular weight is 300 g/mol. The summed E-state index contributed by atoms with van der Waals surface area (Å²) in [7, 11) is 0. The molecule has 0 amide bonds. The SMILES string of the molecule is CCc1oc2ccccc2c1C(N)Cc1ccc(Cl)cc1. The van der Waals surface area contributed by atoms with E-state index in [0.29, 0.717) is 0 Å². The fraction of sp³-hybridized carbons (Fsp3) is 0.222. The molecule has 1 unspecified atom stereocenters. The van der Waals surface area contributed by atoms with E-state index in [1.165, 1.54) is 5.56 Å². The van der Waals surface area contributed by atoms with Gasteiger partial charge >= 0.3 is 0 Å². The first kappa shape index (κ1) is 14.2. The zero-order chi connectivity index (χ0) is 14.8. The van der Waals surface area contributed by atoms with Crippen molar-refractivity contribution in [3.63, 3.8) is 0 Å². The fourth-order valence-corrected chi connectivity index (χ4v) is 2.89. The van der Waals surface area contributed by atoms with Gasteiger partial charge in [-0.25, -0.2) is 0 Å². The summed E-state index contributed by atoms with van der Waals surface area (Å²) < 4.78 is 5.93. The van der Waals surface area contributed by atoms with E-state index in [-0.39, 0.29) is 6.04 Å². The number of para-hydroxylation sites is 1. The molecular formula is C18H18ClNO. The average Bonchev–Trinajstić information content (AvgIpc) is 2.88. The molecule has 0 saturated carbocycles. The molecule has 0 aliphatic carbocycles. The smallest absolute Gasteiger partial charge is 0.134 e. The van der Waals surface area contributed by atoms with Crippen molar-refractivity contribution in [3.05, 3.63) is 70.4 Å². The van der Waals surface area contributed by atoms with Gasteiger partial charge in [0, 0.05) is 28.4 Å². The maximum atomic E-state index is 6.46. The molecular weight excluding hydrogens is 282 g/mol. The van der Waals surface area contributed by atoms with Gasteiger partial charge in [-0.3, -0.25) is 0 Å². The number of rotatable bonds is 4. The number of nitrogens with two attached hydrogens (primary N) is 1. The van der Waals surface area contributed by atoms with Crippen molar-refractivity contribution in [2.45, 2.75) is 25.8 Å². The molecule has 3 aromatic rings. The number of hydrogen-bond donors (Lipinski definition) is 1. The van der Waals surface area contributed by atoms with Crippen molar-refractivity contribution >= 4 is 22.6 Å². The fourth-order valence-electron chi connectivity index (χ4n) is 2.76. The first-order chi connectivity index (χ1) is 10.2. The molecule has 0 bridgehead atoms. The van der Waals surface area contributed by atoms with Gasteiger partial charge < -0.3 is 10.2 Å². The van der Waals surface area contributed by atoms with E-state index in [0.717, 1.165) is 40.2 Å². The Morgan fingerprint density at radius 2 is 1.81 bits per heavy atom. The largest absolute Gasteiger partial charge is 0.461 e. The van der Waals surface area contributed by atoms with Crippen LogP contribution in [0.25, 0.3) is 11.0 Å². The van der Waals surface area contributed by atoms with E-state index in [9.17, 15) is 0 Å².